The third kappa shape index (κ3) is 5.83. The van der Waals surface area contributed by atoms with Gasteiger partial charge in [0, 0.05) is 18.9 Å². The van der Waals surface area contributed by atoms with Crippen LogP contribution in [-0.4, -0.2) is 34.2 Å². The summed E-state index contributed by atoms with van der Waals surface area (Å²) in [5, 5.41) is 20.9. The Kier molecular flexibility index (Phi) is 6.17. The van der Waals surface area contributed by atoms with Gasteiger partial charge in [0.15, 0.2) is 0 Å². The number of rotatable bonds is 7. The molecule has 5 N–H and O–H groups in total. The number of amides is 1. The minimum absolute atomic E-state index is 0.0943. The van der Waals surface area contributed by atoms with Gasteiger partial charge in [-0.05, 0) is 23.6 Å². The van der Waals surface area contributed by atoms with Crippen LogP contribution in [0.15, 0.2) is 24.3 Å². The summed E-state index contributed by atoms with van der Waals surface area (Å²) in [6, 6.07) is 4.89. The lowest BCUT2D eigenvalue weighted by molar-refractivity contribution is -0.141. The molecule has 21 heavy (non-hydrogen) atoms. The lowest BCUT2D eigenvalue weighted by Gasteiger charge is -2.18. The Labute approximate surface area is 124 Å². The molecule has 0 saturated heterocycles. The molecule has 0 radical (unpaired) electrons. The summed E-state index contributed by atoms with van der Waals surface area (Å²) in [6.07, 6.45) is 0.245. The third-order valence-electron chi connectivity index (χ3n) is 3.29. The van der Waals surface area contributed by atoms with Gasteiger partial charge in [-0.3, -0.25) is 4.79 Å². The van der Waals surface area contributed by atoms with Gasteiger partial charge in [-0.25, -0.2) is 4.79 Å². The Hall–Kier alpha value is -2.08. The van der Waals surface area contributed by atoms with Crippen molar-refractivity contribution in [2.24, 2.45) is 11.7 Å². The van der Waals surface area contributed by atoms with Gasteiger partial charge in [0.1, 0.15) is 11.8 Å². The molecule has 0 aliphatic heterocycles. The molecule has 0 heterocycles. The maximum atomic E-state index is 11.8. The normalized spacial score (nSPS) is 13.7. The van der Waals surface area contributed by atoms with Crippen molar-refractivity contribution in [3.8, 4) is 5.75 Å². The number of aromatic hydroxyl groups is 1. The molecular weight excluding hydrogens is 272 g/mol. The number of aliphatic carboxylic acids is 1. The van der Waals surface area contributed by atoms with Crippen molar-refractivity contribution in [1.82, 2.24) is 5.32 Å². The zero-order valence-electron chi connectivity index (χ0n) is 12.2. The summed E-state index contributed by atoms with van der Waals surface area (Å²) in [5.74, 6) is -1.22. The highest BCUT2D eigenvalue weighted by atomic mass is 16.4. The second-order valence-electron chi connectivity index (χ2n) is 5.44. The van der Waals surface area contributed by atoms with E-state index in [-0.39, 0.29) is 36.5 Å². The fraction of sp³-hybridized carbons (Fsp3) is 0.467. The van der Waals surface area contributed by atoms with E-state index in [2.05, 4.69) is 5.32 Å². The number of carboxylic acids is 1. The summed E-state index contributed by atoms with van der Waals surface area (Å²) in [7, 11) is 0. The second-order valence-corrected chi connectivity index (χ2v) is 5.44. The van der Waals surface area contributed by atoms with Gasteiger partial charge < -0.3 is 21.3 Å². The van der Waals surface area contributed by atoms with Crippen LogP contribution in [0.5, 0.6) is 5.75 Å². The minimum atomic E-state index is -1.10. The minimum Gasteiger partial charge on any atom is -0.508 e. The second kappa shape index (κ2) is 7.64. The number of nitrogens with two attached hydrogens (primary N) is 1. The molecular formula is C15H22N2O4. The molecule has 1 aromatic carbocycles. The Morgan fingerprint density at radius 1 is 1.24 bits per heavy atom. The molecule has 0 saturated carbocycles. The Balaban J connectivity index is 2.63. The first-order chi connectivity index (χ1) is 9.79. The fourth-order valence-electron chi connectivity index (χ4n) is 1.77. The quantitative estimate of drug-likeness (QED) is 0.596. The first kappa shape index (κ1) is 17.0. The number of benzene rings is 1. The van der Waals surface area contributed by atoms with E-state index < -0.39 is 12.0 Å². The maximum absolute atomic E-state index is 11.8. The van der Waals surface area contributed by atoms with Crippen LogP contribution < -0.4 is 11.1 Å². The Morgan fingerprint density at radius 3 is 2.29 bits per heavy atom. The molecule has 1 rings (SSSR count). The molecule has 1 unspecified atom stereocenters. The topological polar surface area (TPSA) is 113 Å². The van der Waals surface area contributed by atoms with Crippen LogP contribution in [0.3, 0.4) is 0 Å². The average Bonchev–Trinajstić information content (AvgIpc) is 2.40. The highest BCUT2D eigenvalue weighted by Crippen LogP contribution is 2.12. The van der Waals surface area contributed by atoms with E-state index in [0.717, 1.165) is 0 Å². The molecule has 0 spiro atoms. The number of phenolic OH excluding ortho intramolecular Hbond substituents is 1. The van der Waals surface area contributed by atoms with Gasteiger partial charge in [-0.15, -0.1) is 0 Å². The Bertz CT molecular complexity index is 485. The third-order valence-corrected chi connectivity index (χ3v) is 3.29. The van der Waals surface area contributed by atoms with Crippen molar-refractivity contribution < 1.29 is 19.8 Å². The van der Waals surface area contributed by atoms with Crippen LogP contribution in [0.1, 0.15) is 25.8 Å². The summed E-state index contributed by atoms with van der Waals surface area (Å²) < 4.78 is 0. The van der Waals surface area contributed by atoms with Gasteiger partial charge >= 0.3 is 5.97 Å². The van der Waals surface area contributed by atoms with Crippen LogP contribution in [0.4, 0.5) is 0 Å². The molecule has 0 aliphatic carbocycles. The summed E-state index contributed by atoms with van der Waals surface area (Å²) in [4.78, 5) is 23.1. The predicted octanol–water partition coefficient (Wildman–Crippen LogP) is 0.877. The highest BCUT2D eigenvalue weighted by Gasteiger charge is 2.22. The molecule has 1 aromatic rings. The zero-order valence-corrected chi connectivity index (χ0v) is 12.2. The van der Waals surface area contributed by atoms with Crippen molar-refractivity contribution in [1.29, 1.82) is 0 Å². The van der Waals surface area contributed by atoms with Crippen molar-refractivity contribution in [2.75, 3.05) is 0 Å². The smallest absolute Gasteiger partial charge is 0.326 e. The van der Waals surface area contributed by atoms with Gasteiger partial charge in [0.2, 0.25) is 5.91 Å². The van der Waals surface area contributed by atoms with E-state index in [1.54, 1.807) is 12.1 Å². The van der Waals surface area contributed by atoms with Crippen LogP contribution in [0, 0.1) is 5.92 Å². The number of carbonyl (C=O) groups excluding carboxylic acids is 1. The van der Waals surface area contributed by atoms with Crippen LogP contribution in [0.2, 0.25) is 0 Å². The van der Waals surface area contributed by atoms with Crippen molar-refractivity contribution in [3.63, 3.8) is 0 Å². The van der Waals surface area contributed by atoms with Crippen molar-refractivity contribution in [2.45, 2.75) is 38.8 Å². The van der Waals surface area contributed by atoms with E-state index in [0.29, 0.717) is 5.56 Å². The number of nitrogens with one attached hydrogen (secondary N) is 1. The lowest BCUT2D eigenvalue weighted by Crippen LogP contribution is -2.44. The van der Waals surface area contributed by atoms with Crippen molar-refractivity contribution in [3.05, 3.63) is 29.8 Å². The standard InChI is InChI=1S/C15H22N2O4/c1-9(2)12(16)8-14(19)17-13(15(20)21)7-10-3-5-11(18)6-4-10/h3-6,9,12-13,18H,7-8,16H2,1-2H3,(H,17,19)(H,20,21)/t12?,13-/m0/s1. The first-order valence-corrected chi connectivity index (χ1v) is 6.85. The maximum Gasteiger partial charge on any atom is 0.326 e. The van der Waals surface area contributed by atoms with Gasteiger partial charge in [-0.1, -0.05) is 26.0 Å². The number of hydrogen-bond acceptors (Lipinski definition) is 4. The van der Waals surface area contributed by atoms with E-state index in [9.17, 15) is 19.8 Å². The molecule has 2 atom stereocenters. The number of carbonyl (C=O) groups is 2. The van der Waals surface area contributed by atoms with E-state index in [4.69, 9.17) is 5.73 Å². The predicted molar refractivity (Wildman–Crippen MR) is 78.8 cm³/mol. The molecule has 0 fully saturated rings. The average molecular weight is 294 g/mol. The summed E-state index contributed by atoms with van der Waals surface area (Å²) >= 11 is 0. The van der Waals surface area contributed by atoms with Crippen LogP contribution in [-0.2, 0) is 16.0 Å². The molecule has 6 nitrogen and oxygen atoms in total. The van der Waals surface area contributed by atoms with Gasteiger partial charge in [0.25, 0.3) is 0 Å². The van der Waals surface area contributed by atoms with Crippen LogP contribution in [0.25, 0.3) is 0 Å². The van der Waals surface area contributed by atoms with Crippen molar-refractivity contribution >= 4 is 11.9 Å². The number of carboxylic acid groups (broad SMARTS) is 1. The van der Waals surface area contributed by atoms with E-state index in [1.165, 1.54) is 12.1 Å². The highest BCUT2D eigenvalue weighted by molar-refractivity contribution is 5.84. The monoisotopic (exact) mass is 294 g/mol. The lowest BCUT2D eigenvalue weighted by atomic mass is 10.0. The molecule has 6 heteroatoms. The largest absolute Gasteiger partial charge is 0.508 e. The molecule has 116 valence electrons. The van der Waals surface area contributed by atoms with Gasteiger partial charge in [0.05, 0.1) is 0 Å². The molecule has 0 aromatic heterocycles. The molecule has 1 amide bonds. The van der Waals surface area contributed by atoms with E-state index in [1.807, 2.05) is 13.8 Å². The first-order valence-electron chi connectivity index (χ1n) is 6.85. The molecule has 0 bridgehead atoms. The SMILES string of the molecule is CC(C)C(N)CC(=O)N[C@@H](Cc1ccc(O)cc1)C(=O)O. The molecule has 0 aliphatic rings. The number of phenols is 1. The zero-order chi connectivity index (χ0) is 16.0. The van der Waals surface area contributed by atoms with Crippen LogP contribution >= 0.6 is 0 Å². The summed E-state index contributed by atoms with van der Waals surface area (Å²) in [5.41, 5.74) is 6.52. The number of hydrogen-bond donors (Lipinski definition) is 4. The fourth-order valence-corrected chi connectivity index (χ4v) is 1.77. The summed E-state index contributed by atoms with van der Waals surface area (Å²) in [6.45, 7) is 3.81. The Morgan fingerprint density at radius 2 is 1.81 bits per heavy atom. The van der Waals surface area contributed by atoms with E-state index >= 15 is 0 Å². The van der Waals surface area contributed by atoms with Gasteiger partial charge in [-0.2, -0.15) is 0 Å².